The number of rotatable bonds is 3. The van der Waals surface area contributed by atoms with E-state index in [4.69, 9.17) is 0 Å². The van der Waals surface area contributed by atoms with E-state index < -0.39 is 0 Å². The summed E-state index contributed by atoms with van der Waals surface area (Å²) < 4.78 is 0. The zero-order valence-electron chi connectivity index (χ0n) is 10.4. The number of thioether (sulfide) groups is 1. The average molecular weight is 214 g/mol. The molecule has 1 aliphatic heterocycles. The van der Waals surface area contributed by atoms with Crippen molar-refractivity contribution in [3.05, 3.63) is 0 Å². The van der Waals surface area contributed by atoms with Gasteiger partial charge >= 0.3 is 0 Å². The first kappa shape index (κ1) is 12.4. The van der Waals surface area contributed by atoms with E-state index in [1.165, 1.54) is 19.3 Å². The Labute approximate surface area is 94.2 Å². The van der Waals surface area contributed by atoms with Gasteiger partial charge in [0.2, 0.25) is 0 Å². The number of hydrogen-bond donors (Lipinski definition) is 0. The fourth-order valence-electron chi connectivity index (χ4n) is 2.60. The molecule has 1 rings (SSSR count). The van der Waals surface area contributed by atoms with Gasteiger partial charge in [-0.2, -0.15) is 11.8 Å². The van der Waals surface area contributed by atoms with Crippen molar-refractivity contribution in [2.45, 2.75) is 64.4 Å². The van der Waals surface area contributed by atoms with E-state index in [-0.39, 0.29) is 0 Å². The fraction of sp³-hybridized carbons (Fsp3) is 1.00. The largest absolute Gasteiger partial charge is 0.155 e. The monoisotopic (exact) mass is 214 g/mol. The van der Waals surface area contributed by atoms with Crippen molar-refractivity contribution in [3.8, 4) is 0 Å². The summed E-state index contributed by atoms with van der Waals surface area (Å²) in [4.78, 5) is 0. The Morgan fingerprint density at radius 1 is 1.07 bits per heavy atom. The molecule has 0 radical (unpaired) electrons. The van der Waals surface area contributed by atoms with E-state index >= 15 is 0 Å². The van der Waals surface area contributed by atoms with Crippen LogP contribution in [0.15, 0.2) is 0 Å². The SMILES string of the molecule is CCC1CCC(C(C)C)C(C(C)C)S1. The lowest BCUT2D eigenvalue weighted by molar-refractivity contribution is 0.290. The Kier molecular flexibility index (Phi) is 4.82. The molecule has 0 bridgehead atoms. The van der Waals surface area contributed by atoms with E-state index in [0.29, 0.717) is 0 Å². The number of hydrogen-bond acceptors (Lipinski definition) is 1. The van der Waals surface area contributed by atoms with Crippen LogP contribution in [-0.2, 0) is 0 Å². The highest BCUT2D eigenvalue weighted by Crippen LogP contribution is 2.43. The minimum atomic E-state index is 0.849. The van der Waals surface area contributed by atoms with Gasteiger partial charge in [0, 0.05) is 10.5 Å². The van der Waals surface area contributed by atoms with Crippen molar-refractivity contribution in [3.63, 3.8) is 0 Å². The highest BCUT2D eigenvalue weighted by atomic mass is 32.2. The molecule has 0 aromatic heterocycles. The summed E-state index contributed by atoms with van der Waals surface area (Å²) in [5, 5.41) is 1.85. The molecule has 0 nitrogen and oxygen atoms in total. The normalized spacial score (nSPS) is 34.1. The predicted octanol–water partition coefficient (Wildman–Crippen LogP) is 4.59. The lowest BCUT2D eigenvalue weighted by Gasteiger charge is -2.40. The summed E-state index contributed by atoms with van der Waals surface area (Å²) in [5.41, 5.74) is 0. The fourth-order valence-corrected chi connectivity index (χ4v) is 4.47. The van der Waals surface area contributed by atoms with Gasteiger partial charge in [0.05, 0.1) is 0 Å². The molecule has 1 aliphatic rings. The van der Waals surface area contributed by atoms with Gasteiger partial charge in [-0.1, -0.05) is 34.6 Å². The van der Waals surface area contributed by atoms with Crippen molar-refractivity contribution < 1.29 is 0 Å². The molecule has 0 aromatic carbocycles. The molecule has 3 atom stereocenters. The van der Waals surface area contributed by atoms with Crippen molar-refractivity contribution >= 4 is 11.8 Å². The van der Waals surface area contributed by atoms with Crippen LogP contribution in [0.4, 0.5) is 0 Å². The van der Waals surface area contributed by atoms with Crippen molar-refractivity contribution in [1.82, 2.24) is 0 Å². The third-order valence-electron chi connectivity index (χ3n) is 3.56. The first-order valence-corrected chi connectivity index (χ1v) is 7.16. The Bertz CT molecular complexity index is 163. The summed E-state index contributed by atoms with van der Waals surface area (Å²) >= 11 is 2.28. The van der Waals surface area contributed by atoms with Crippen LogP contribution in [-0.4, -0.2) is 10.5 Å². The molecule has 3 unspecified atom stereocenters. The van der Waals surface area contributed by atoms with Gasteiger partial charge in [-0.05, 0) is 37.0 Å². The smallest absolute Gasteiger partial charge is 0.0103 e. The van der Waals surface area contributed by atoms with Gasteiger partial charge in [0.15, 0.2) is 0 Å². The molecule has 1 heteroatoms. The van der Waals surface area contributed by atoms with Crippen molar-refractivity contribution in [1.29, 1.82) is 0 Å². The van der Waals surface area contributed by atoms with Gasteiger partial charge in [-0.25, -0.2) is 0 Å². The summed E-state index contributed by atoms with van der Waals surface area (Å²) in [5.74, 6) is 2.68. The maximum absolute atomic E-state index is 2.40. The highest BCUT2D eigenvalue weighted by molar-refractivity contribution is 8.00. The topological polar surface area (TPSA) is 0 Å². The lowest BCUT2D eigenvalue weighted by Crippen LogP contribution is -2.33. The first-order chi connectivity index (χ1) is 6.56. The Morgan fingerprint density at radius 2 is 1.71 bits per heavy atom. The zero-order chi connectivity index (χ0) is 10.7. The van der Waals surface area contributed by atoms with Gasteiger partial charge in [0.25, 0.3) is 0 Å². The lowest BCUT2D eigenvalue weighted by atomic mass is 9.82. The average Bonchev–Trinajstić information content (AvgIpc) is 2.16. The molecule has 0 aliphatic carbocycles. The highest BCUT2D eigenvalue weighted by Gasteiger charge is 2.33. The summed E-state index contributed by atoms with van der Waals surface area (Å²) in [6.07, 6.45) is 4.28. The molecule has 1 saturated heterocycles. The van der Waals surface area contributed by atoms with Crippen LogP contribution in [0.2, 0.25) is 0 Å². The molecule has 1 heterocycles. The second-order valence-electron chi connectivity index (χ2n) is 5.36. The minimum Gasteiger partial charge on any atom is -0.155 e. The van der Waals surface area contributed by atoms with Crippen LogP contribution in [0, 0.1) is 17.8 Å². The second kappa shape index (κ2) is 5.44. The maximum Gasteiger partial charge on any atom is 0.0103 e. The van der Waals surface area contributed by atoms with E-state index in [9.17, 15) is 0 Å². The second-order valence-corrected chi connectivity index (χ2v) is 6.84. The molecule has 0 amide bonds. The van der Waals surface area contributed by atoms with Gasteiger partial charge in [-0.15, -0.1) is 0 Å². The van der Waals surface area contributed by atoms with Crippen LogP contribution in [0.5, 0.6) is 0 Å². The third kappa shape index (κ3) is 2.92. The molecule has 14 heavy (non-hydrogen) atoms. The molecule has 0 aromatic rings. The molecular formula is C13H26S. The van der Waals surface area contributed by atoms with Crippen LogP contribution < -0.4 is 0 Å². The Morgan fingerprint density at radius 3 is 2.14 bits per heavy atom. The van der Waals surface area contributed by atoms with Gasteiger partial charge < -0.3 is 0 Å². The third-order valence-corrected chi connectivity index (χ3v) is 5.72. The summed E-state index contributed by atoms with van der Waals surface area (Å²) in [6, 6.07) is 0. The standard InChI is InChI=1S/C13H26S/c1-6-11-7-8-12(9(2)3)13(14-11)10(4)5/h9-13H,6-8H2,1-5H3. The van der Waals surface area contributed by atoms with Crippen molar-refractivity contribution in [2.75, 3.05) is 0 Å². The Balaban J connectivity index is 2.60. The van der Waals surface area contributed by atoms with E-state index in [2.05, 4.69) is 46.4 Å². The molecule has 1 fully saturated rings. The molecule has 0 saturated carbocycles. The van der Waals surface area contributed by atoms with Crippen LogP contribution in [0.25, 0.3) is 0 Å². The summed E-state index contributed by atoms with van der Waals surface area (Å²) in [6.45, 7) is 11.9. The van der Waals surface area contributed by atoms with E-state index in [1.807, 2.05) is 0 Å². The predicted molar refractivity (Wildman–Crippen MR) is 67.9 cm³/mol. The van der Waals surface area contributed by atoms with Crippen LogP contribution >= 0.6 is 11.8 Å². The zero-order valence-corrected chi connectivity index (χ0v) is 11.2. The van der Waals surface area contributed by atoms with E-state index in [0.717, 1.165) is 28.3 Å². The first-order valence-electron chi connectivity index (χ1n) is 6.21. The summed E-state index contributed by atoms with van der Waals surface area (Å²) in [7, 11) is 0. The van der Waals surface area contributed by atoms with Gasteiger partial charge in [-0.3, -0.25) is 0 Å². The maximum atomic E-state index is 2.40. The molecule has 0 N–H and O–H groups in total. The van der Waals surface area contributed by atoms with Crippen molar-refractivity contribution in [2.24, 2.45) is 17.8 Å². The van der Waals surface area contributed by atoms with E-state index in [1.54, 1.807) is 0 Å². The quantitative estimate of drug-likeness (QED) is 0.662. The minimum absolute atomic E-state index is 0.849. The van der Waals surface area contributed by atoms with Crippen LogP contribution in [0.1, 0.15) is 53.9 Å². The Hall–Kier alpha value is 0.350. The molecular weight excluding hydrogens is 188 g/mol. The van der Waals surface area contributed by atoms with Crippen LogP contribution in [0.3, 0.4) is 0 Å². The molecule has 0 spiro atoms. The molecule has 84 valence electrons. The van der Waals surface area contributed by atoms with Gasteiger partial charge in [0.1, 0.15) is 0 Å².